The molecular formula is C18H30FNO. The van der Waals surface area contributed by atoms with Gasteiger partial charge in [0.15, 0.2) is 0 Å². The van der Waals surface area contributed by atoms with Crippen LogP contribution in [0.25, 0.3) is 0 Å². The van der Waals surface area contributed by atoms with Gasteiger partial charge >= 0.3 is 0 Å². The van der Waals surface area contributed by atoms with Gasteiger partial charge in [-0.25, -0.2) is 4.39 Å². The fourth-order valence-corrected chi connectivity index (χ4v) is 2.40. The Hall–Kier alpha value is -1.09. The largest absolute Gasteiger partial charge is 0.508 e. The molecule has 1 rings (SSSR count). The molecule has 1 unspecified atom stereocenters. The molecule has 3 heteroatoms. The number of halogens is 1. The Balaban J connectivity index is 2.86. The van der Waals surface area contributed by atoms with Gasteiger partial charge in [-0.3, -0.25) is 4.90 Å². The Morgan fingerprint density at radius 1 is 1.00 bits per heavy atom. The smallest absolute Gasteiger partial charge is 0.123 e. The van der Waals surface area contributed by atoms with Gasteiger partial charge in [0.1, 0.15) is 11.6 Å². The summed E-state index contributed by atoms with van der Waals surface area (Å²) in [5.41, 5.74) is 0.683. The van der Waals surface area contributed by atoms with E-state index >= 15 is 0 Å². The van der Waals surface area contributed by atoms with E-state index < -0.39 is 0 Å². The first kappa shape index (κ1) is 18.0. The van der Waals surface area contributed by atoms with E-state index in [4.69, 9.17) is 0 Å². The van der Waals surface area contributed by atoms with Gasteiger partial charge in [-0.1, -0.05) is 27.7 Å². The van der Waals surface area contributed by atoms with Crippen LogP contribution in [-0.2, 0) is 0 Å². The van der Waals surface area contributed by atoms with Crippen molar-refractivity contribution in [3.8, 4) is 5.75 Å². The van der Waals surface area contributed by atoms with Gasteiger partial charge in [0, 0.05) is 11.6 Å². The summed E-state index contributed by atoms with van der Waals surface area (Å²) in [6.45, 7) is 12.9. The molecule has 0 amide bonds. The second kappa shape index (κ2) is 8.38. The van der Waals surface area contributed by atoms with Gasteiger partial charge in [0.25, 0.3) is 0 Å². The van der Waals surface area contributed by atoms with Crippen LogP contribution in [0.15, 0.2) is 18.2 Å². The maximum Gasteiger partial charge on any atom is 0.123 e. The summed E-state index contributed by atoms with van der Waals surface area (Å²) in [4.78, 5) is 2.36. The van der Waals surface area contributed by atoms with Crippen molar-refractivity contribution in [1.82, 2.24) is 4.90 Å². The average Bonchev–Trinajstić information content (AvgIpc) is 2.40. The van der Waals surface area contributed by atoms with Crippen molar-refractivity contribution in [2.75, 3.05) is 13.1 Å². The van der Waals surface area contributed by atoms with Crippen LogP contribution in [0.5, 0.6) is 5.75 Å². The molecule has 1 aromatic carbocycles. The SMILES string of the molecule is CC(C)CCN(CCC(C)C)C(C)c1cc(F)ccc1O. The van der Waals surface area contributed by atoms with E-state index in [1.807, 2.05) is 0 Å². The lowest BCUT2D eigenvalue weighted by molar-refractivity contribution is 0.185. The second-order valence-corrected chi connectivity index (χ2v) is 6.78. The first-order valence-corrected chi connectivity index (χ1v) is 8.03. The summed E-state index contributed by atoms with van der Waals surface area (Å²) in [7, 11) is 0. The van der Waals surface area contributed by atoms with Crippen LogP contribution >= 0.6 is 0 Å². The van der Waals surface area contributed by atoms with Crippen LogP contribution in [0.1, 0.15) is 59.1 Å². The van der Waals surface area contributed by atoms with E-state index in [0.29, 0.717) is 17.4 Å². The summed E-state index contributed by atoms with van der Waals surface area (Å²) in [5, 5.41) is 10.0. The molecule has 21 heavy (non-hydrogen) atoms. The molecule has 0 heterocycles. The molecule has 0 aliphatic carbocycles. The van der Waals surface area contributed by atoms with Crippen molar-refractivity contribution >= 4 is 0 Å². The Morgan fingerprint density at radius 2 is 1.52 bits per heavy atom. The Bertz CT molecular complexity index is 419. The van der Waals surface area contributed by atoms with Crippen LogP contribution in [0.3, 0.4) is 0 Å². The Labute approximate surface area is 129 Å². The highest BCUT2D eigenvalue weighted by atomic mass is 19.1. The average molecular weight is 295 g/mol. The summed E-state index contributed by atoms with van der Waals surface area (Å²) in [6.07, 6.45) is 2.22. The third-order valence-corrected chi connectivity index (χ3v) is 3.97. The van der Waals surface area contributed by atoms with Crippen LogP contribution < -0.4 is 0 Å². The number of benzene rings is 1. The number of phenolic OH excluding ortho intramolecular Hbond substituents is 1. The molecule has 0 saturated heterocycles. The summed E-state index contributed by atoms with van der Waals surface area (Å²) < 4.78 is 13.5. The van der Waals surface area contributed by atoms with Gasteiger partial charge in [-0.15, -0.1) is 0 Å². The minimum atomic E-state index is -0.290. The van der Waals surface area contributed by atoms with Crippen molar-refractivity contribution in [3.05, 3.63) is 29.6 Å². The number of phenols is 1. The zero-order valence-corrected chi connectivity index (χ0v) is 14.1. The third kappa shape index (κ3) is 6.04. The fourth-order valence-electron chi connectivity index (χ4n) is 2.40. The topological polar surface area (TPSA) is 23.5 Å². The molecular weight excluding hydrogens is 265 g/mol. The third-order valence-electron chi connectivity index (χ3n) is 3.97. The van der Waals surface area contributed by atoms with E-state index in [-0.39, 0.29) is 17.6 Å². The minimum absolute atomic E-state index is 0.0261. The predicted octanol–water partition coefficient (Wildman–Crippen LogP) is 4.99. The lowest BCUT2D eigenvalue weighted by Gasteiger charge is -2.31. The lowest BCUT2D eigenvalue weighted by atomic mass is 10.0. The fraction of sp³-hybridized carbons (Fsp3) is 0.667. The summed E-state index contributed by atoms with van der Waals surface area (Å²) in [5.74, 6) is 1.17. The molecule has 0 radical (unpaired) electrons. The zero-order chi connectivity index (χ0) is 16.0. The molecule has 2 nitrogen and oxygen atoms in total. The summed E-state index contributed by atoms with van der Waals surface area (Å²) >= 11 is 0. The van der Waals surface area contributed by atoms with E-state index in [2.05, 4.69) is 39.5 Å². The van der Waals surface area contributed by atoms with Crippen molar-refractivity contribution in [1.29, 1.82) is 0 Å². The number of rotatable bonds is 8. The Kier molecular flexibility index (Phi) is 7.16. The minimum Gasteiger partial charge on any atom is -0.508 e. The maximum atomic E-state index is 13.5. The molecule has 0 bridgehead atoms. The van der Waals surface area contributed by atoms with E-state index in [1.54, 1.807) is 0 Å². The normalized spacial score (nSPS) is 13.4. The number of aromatic hydroxyl groups is 1. The molecule has 0 aromatic heterocycles. The van der Waals surface area contributed by atoms with Gasteiger partial charge in [-0.2, -0.15) is 0 Å². The number of nitrogens with zero attached hydrogens (tertiary/aromatic N) is 1. The van der Waals surface area contributed by atoms with Crippen molar-refractivity contribution < 1.29 is 9.50 Å². The predicted molar refractivity (Wildman–Crippen MR) is 87.0 cm³/mol. The standard InChI is InChI=1S/C18H30FNO/c1-13(2)8-10-20(11-9-14(3)4)15(5)17-12-16(19)6-7-18(17)21/h6-7,12-15,21H,8-11H2,1-5H3. The zero-order valence-electron chi connectivity index (χ0n) is 14.1. The van der Waals surface area contributed by atoms with Crippen LogP contribution in [-0.4, -0.2) is 23.1 Å². The second-order valence-electron chi connectivity index (χ2n) is 6.78. The van der Waals surface area contributed by atoms with Crippen LogP contribution in [0, 0.1) is 17.7 Å². The van der Waals surface area contributed by atoms with Gasteiger partial charge < -0.3 is 5.11 Å². The van der Waals surface area contributed by atoms with Gasteiger partial charge in [-0.05, 0) is 62.9 Å². The van der Waals surface area contributed by atoms with Crippen LogP contribution in [0.2, 0.25) is 0 Å². The molecule has 1 aromatic rings. The quantitative estimate of drug-likeness (QED) is 0.730. The van der Waals surface area contributed by atoms with Crippen molar-refractivity contribution in [2.24, 2.45) is 11.8 Å². The van der Waals surface area contributed by atoms with Gasteiger partial charge in [0.05, 0.1) is 0 Å². The molecule has 1 N–H and O–H groups in total. The monoisotopic (exact) mass is 295 g/mol. The molecule has 0 aliphatic heterocycles. The summed E-state index contributed by atoms with van der Waals surface area (Å²) in [6, 6.07) is 4.23. The Morgan fingerprint density at radius 3 is 2.00 bits per heavy atom. The molecule has 0 spiro atoms. The highest BCUT2D eigenvalue weighted by Gasteiger charge is 2.19. The molecule has 0 aliphatic rings. The number of hydrogen-bond donors (Lipinski definition) is 1. The first-order chi connectivity index (χ1) is 9.81. The number of hydrogen-bond acceptors (Lipinski definition) is 2. The molecule has 0 fully saturated rings. The van der Waals surface area contributed by atoms with Crippen molar-refractivity contribution in [2.45, 2.75) is 53.5 Å². The van der Waals surface area contributed by atoms with Crippen LogP contribution in [0.4, 0.5) is 4.39 Å². The van der Waals surface area contributed by atoms with E-state index in [9.17, 15) is 9.50 Å². The van der Waals surface area contributed by atoms with E-state index in [0.717, 1.165) is 25.9 Å². The molecule has 120 valence electrons. The van der Waals surface area contributed by atoms with Gasteiger partial charge in [0.2, 0.25) is 0 Å². The highest BCUT2D eigenvalue weighted by molar-refractivity contribution is 5.34. The first-order valence-electron chi connectivity index (χ1n) is 8.03. The lowest BCUT2D eigenvalue weighted by Crippen LogP contribution is -2.30. The molecule has 1 atom stereocenters. The maximum absolute atomic E-state index is 13.5. The van der Waals surface area contributed by atoms with Crippen molar-refractivity contribution in [3.63, 3.8) is 0 Å². The highest BCUT2D eigenvalue weighted by Crippen LogP contribution is 2.30. The molecule has 0 saturated carbocycles. The van der Waals surface area contributed by atoms with E-state index in [1.165, 1.54) is 18.2 Å².